The summed E-state index contributed by atoms with van der Waals surface area (Å²) < 4.78 is 8.75. The van der Waals surface area contributed by atoms with Gasteiger partial charge in [0.2, 0.25) is 0 Å². The summed E-state index contributed by atoms with van der Waals surface area (Å²) in [5.41, 5.74) is 3.63. The standard InChI is InChI=1S/C8H9N3O5/c1-15-7(13)3-4(8(14)16-2)11-6(12)5(9)10-3/h1-2H3,(H2,9,10)(H,11,12). The first-order chi connectivity index (χ1) is 7.51. The molecule has 0 radical (unpaired) electrons. The number of esters is 2. The summed E-state index contributed by atoms with van der Waals surface area (Å²) in [5, 5.41) is 0. The molecule has 1 aromatic heterocycles. The Balaban J connectivity index is 3.45. The molecule has 0 saturated carbocycles. The van der Waals surface area contributed by atoms with Crippen LogP contribution in [-0.2, 0) is 9.47 Å². The number of methoxy groups -OCH3 is 2. The molecule has 86 valence electrons. The molecule has 0 saturated heterocycles. The topological polar surface area (TPSA) is 124 Å². The van der Waals surface area contributed by atoms with E-state index in [0.29, 0.717) is 0 Å². The number of nitrogens with two attached hydrogens (primary N) is 1. The second-order valence-corrected chi connectivity index (χ2v) is 2.66. The smallest absolute Gasteiger partial charge is 0.359 e. The number of carbonyl (C=O) groups is 2. The number of carbonyl (C=O) groups excluding carboxylic acids is 2. The molecule has 1 heterocycles. The van der Waals surface area contributed by atoms with E-state index in [0.717, 1.165) is 14.2 Å². The lowest BCUT2D eigenvalue weighted by atomic mass is 10.3. The van der Waals surface area contributed by atoms with E-state index < -0.39 is 34.7 Å². The predicted molar refractivity (Wildman–Crippen MR) is 51.9 cm³/mol. The van der Waals surface area contributed by atoms with Crippen LogP contribution in [0.3, 0.4) is 0 Å². The van der Waals surface area contributed by atoms with Crippen LogP contribution in [-0.4, -0.2) is 36.1 Å². The molecule has 0 aromatic carbocycles. The predicted octanol–water partition coefficient (Wildman–Crippen LogP) is -1.07. The molecule has 0 aliphatic carbocycles. The largest absolute Gasteiger partial charge is 0.464 e. The highest BCUT2D eigenvalue weighted by atomic mass is 16.5. The Morgan fingerprint density at radius 1 is 1.25 bits per heavy atom. The summed E-state index contributed by atoms with van der Waals surface area (Å²) in [6.45, 7) is 0. The van der Waals surface area contributed by atoms with Crippen LogP contribution in [0.1, 0.15) is 21.0 Å². The molecule has 0 bridgehead atoms. The third-order valence-corrected chi connectivity index (χ3v) is 1.71. The first-order valence-electron chi connectivity index (χ1n) is 4.07. The molecule has 0 amide bonds. The average molecular weight is 227 g/mol. The molecule has 0 atom stereocenters. The van der Waals surface area contributed by atoms with Crippen LogP contribution in [0.5, 0.6) is 0 Å². The number of hydrogen-bond acceptors (Lipinski definition) is 7. The lowest BCUT2D eigenvalue weighted by Crippen LogP contribution is -2.24. The summed E-state index contributed by atoms with van der Waals surface area (Å²) in [7, 11) is 2.20. The van der Waals surface area contributed by atoms with Gasteiger partial charge in [0.1, 0.15) is 0 Å². The average Bonchev–Trinajstić information content (AvgIpc) is 2.30. The third-order valence-electron chi connectivity index (χ3n) is 1.71. The first-order valence-corrected chi connectivity index (χ1v) is 4.07. The van der Waals surface area contributed by atoms with Gasteiger partial charge in [0.05, 0.1) is 14.2 Å². The van der Waals surface area contributed by atoms with Gasteiger partial charge >= 0.3 is 11.9 Å². The van der Waals surface area contributed by atoms with Gasteiger partial charge in [-0.1, -0.05) is 0 Å². The minimum absolute atomic E-state index is 0.395. The normalized spacial score (nSPS) is 9.62. The summed E-state index contributed by atoms with van der Waals surface area (Å²) in [6, 6.07) is 0. The number of anilines is 1. The molecular weight excluding hydrogens is 218 g/mol. The van der Waals surface area contributed by atoms with Crippen LogP contribution in [0.25, 0.3) is 0 Å². The van der Waals surface area contributed by atoms with Crippen LogP contribution in [0.4, 0.5) is 5.82 Å². The van der Waals surface area contributed by atoms with Crippen molar-refractivity contribution in [1.82, 2.24) is 9.97 Å². The number of rotatable bonds is 2. The molecular formula is C8H9N3O5. The highest BCUT2D eigenvalue weighted by Crippen LogP contribution is 2.05. The van der Waals surface area contributed by atoms with Crippen molar-refractivity contribution in [3.8, 4) is 0 Å². The monoisotopic (exact) mass is 227 g/mol. The van der Waals surface area contributed by atoms with Gasteiger partial charge in [0.15, 0.2) is 17.2 Å². The van der Waals surface area contributed by atoms with Crippen LogP contribution >= 0.6 is 0 Å². The molecule has 0 unspecified atom stereocenters. The van der Waals surface area contributed by atoms with Crippen LogP contribution in [0.15, 0.2) is 4.79 Å². The maximum atomic E-state index is 11.2. The van der Waals surface area contributed by atoms with Crippen molar-refractivity contribution in [3.05, 3.63) is 21.7 Å². The van der Waals surface area contributed by atoms with Gasteiger partial charge in [-0.3, -0.25) is 4.79 Å². The van der Waals surface area contributed by atoms with Crippen molar-refractivity contribution in [2.75, 3.05) is 20.0 Å². The lowest BCUT2D eigenvalue weighted by molar-refractivity contribution is 0.0544. The Kier molecular flexibility index (Phi) is 3.24. The fraction of sp³-hybridized carbons (Fsp3) is 0.250. The highest BCUT2D eigenvalue weighted by molar-refractivity contribution is 6.00. The zero-order valence-electron chi connectivity index (χ0n) is 8.57. The zero-order valence-corrected chi connectivity index (χ0v) is 8.57. The molecule has 16 heavy (non-hydrogen) atoms. The number of H-pyrrole nitrogens is 1. The fourth-order valence-electron chi connectivity index (χ4n) is 0.958. The van der Waals surface area contributed by atoms with E-state index in [-0.39, 0.29) is 0 Å². The summed E-state index contributed by atoms with van der Waals surface area (Å²) >= 11 is 0. The summed E-state index contributed by atoms with van der Waals surface area (Å²) in [5.74, 6) is -2.25. The summed E-state index contributed by atoms with van der Waals surface area (Å²) in [6.07, 6.45) is 0. The van der Waals surface area contributed by atoms with Crippen LogP contribution in [0.2, 0.25) is 0 Å². The van der Waals surface area contributed by atoms with Gasteiger partial charge in [-0.05, 0) is 0 Å². The zero-order chi connectivity index (χ0) is 12.3. The van der Waals surface area contributed by atoms with Crippen molar-refractivity contribution >= 4 is 17.8 Å². The Morgan fingerprint density at radius 2 is 1.81 bits per heavy atom. The van der Waals surface area contributed by atoms with Crippen molar-refractivity contribution in [2.24, 2.45) is 0 Å². The number of ether oxygens (including phenoxy) is 2. The Bertz CT molecular complexity index is 493. The number of nitrogens with one attached hydrogen (secondary N) is 1. The molecule has 0 aliphatic heterocycles. The molecule has 8 nitrogen and oxygen atoms in total. The summed E-state index contributed by atoms with van der Waals surface area (Å²) in [4.78, 5) is 39.2. The Labute approximate surface area is 89.4 Å². The Morgan fingerprint density at radius 3 is 2.31 bits per heavy atom. The molecule has 0 aliphatic rings. The number of nitrogens with zero attached hydrogens (tertiary/aromatic N) is 1. The quantitative estimate of drug-likeness (QED) is 0.616. The van der Waals surface area contributed by atoms with Gasteiger partial charge in [-0.25, -0.2) is 14.6 Å². The number of aromatic nitrogens is 2. The van der Waals surface area contributed by atoms with E-state index >= 15 is 0 Å². The third kappa shape index (κ3) is 2.00. The van der Waals surface area contributed by atoms with Crippen LogP contribution < -0.4 is 11.3 Å². The van der Waals surface area contributed by atoms with E-state index in [1.807, 2.05) is 0 Å². The van der Waals surface area contributed by atoms with Crippen molar-refractivity contribution in [1.29, 1.82) is 0 Å². The van der Waals surface area contributed by atoms with Crippen LogP contribution in [0, 0.1) is 0 Å². The molecule has 1 aromatic rings. The van der Waals surface area contributed by atoms with Crippen molar-refractivity contribution < 1.29 is 19.1 Å². The number of nitrogen functional groups attached to an aromatic ring is 1. The van der Waals surface area contributed by atoms with E-state index in [2.05, 4.69) is 19.4 Å². The molecule has 0 spiro atoms. The Hall–Kier alpha value is -2.38. The molecule has 1 rings (SSSR count). The number of hydrogen-bond donors (Lipinski definition) is 2. The van der Waals surface area contributed by atoms with E-state index in [9.17, 15) is 14.4 Å². The molecule has 8 heteroatoms. The van der Waals surface area contributed by atoms with Gasteiger partial charge in [-0.2, -0.15) is 0 Å². The van der Waals surface area contributed by atoms with Gasteiger partial charge in [-0.15, -0.1) is 0 Å². The fourth-order valence-corrected chi connectivity index (χ4v) is 0.958. The molecule has 3 N–H and O–H groups in total. The maximum Gasteiger partial charge on any atom is 0.359 e. The van der Waals surface area contributed by atoms with Crippen molar-refractivity contribution in [2.45, 2.75) is 0 Å². The van der Waals surface area contributed by atoms with Gasteiger partial charge < -0.3 is 20.2 Å². The van der Waals surface area contributed by atoms with Gasteiger partial charge in [0.25, 0.3) is 5.56 Å². The molecule has 0 fully saturated rings. The minimum atomic E-state index is -0.912. The van der Waals surface area contributed by atoms with Crippen molar-refractivity contribution in [3.63, 3.8) is 0 Å². The highest BCUT2D eigenvalue weighted by Gasteiger charge is 2.22. The minimum Gasteiger partial charge on any atom is -0.464 e. The van der Waals surface area contributed by atoms with E-state index in [1.165, 1.54) is 0 Å². The number of aromatic amines is 1. The maximum absolute atomic E-state index is 11.2. The second kappa shape index (κ2) is 4.43. The second-order valence-electron chi connectivity index (χ2n) is 2.66. The van der Waals surface area contributed by atoms with E-state index in [1.54, 1.807) is 0 Å². The first kappa shape index (κ1) is 11.7. The van der Waals surface area contributed by atoms with Gasteiger partial charge in [0, 0.05) is 0 Å². The SMILES string of the molecule is COC(=O)c1nc(N)c(=O)[nH]c1C(=O)OC. The lowest BCUT2D eigenvalue weighted by Gasteiger charge is -2.05. The van der Waals surface area contributed by atoms with E-state index in [4.69, 9.17) is 5.73 Å².